The molecule has 1 saturated carbocycles. The Kier molecular flexibility index (Phi) is 5.13. The van der Waals surface area contributed by atoms with Gasteiger partial charge in [-0.2, -0.15) is 13.2 Å². The zero-order valence-electron chi connectivity index (χ0n) is 15.9. The minimum atomic E-state index is -4.57. The molecule has 1 saturated heterocycles. The summed E-state index contributed by atoms with van der Waals surface area (Å²) in [5, 5.41) is -0.503. The molecule has 4 rings (SSSR count). The molecule has 0 unspecified atom stereocenters. The average molecular weight is 458 g/mol. The molecule has 2 aromatic rings. The van der Waals surface area contributed by atoms with Crippen LogP contribution in [-0.4, -0.2) is 30.0 Å². The van der Waals surface area contributed by atoms with Gasteiger partial charge in [0.1, 0.15) is 0 Å². The highest BCUT2D eigenvalue weighted by Gasteiger charge is 2.58. The summed E-state index contributed by atoms with van der Waals surface area (Å²) >= 11 is 6.44. The van der Waals surface area contributed by atoms with Crippen molar-refractivity contribution in [1.82, 2.24) is 4.31 Å². The van der Waals surface area contributed by atoms with Crippen molar-refractivity contribution >= 4 is 27.5 Å². The van der Waals surface area contributed by atoms with E-state index in [1.807, 2.05) is 6.92 Å². The average Bonchev–Trinajstić information content (AvgIpc) is 3.18. The Balaban J connectivity index is 1.79. The van der Waals surface area contributed by atoms with E-state index >= 15 is 0 Å². The molecule has 160 valence electrons. The molecule has 0 spiro atoms. The summed E-state index contributed by atoms with van der Waals surface area (Å²) in [6.45, 7) is 1.81. The molecule has 1 aliphatic carbocycles. The van der Waals surface area contributed by atoms with Crippen LogP contribution in [0.1, 0.15) is 35.4 Å². The van der Waals surface area contributed by atoms with Crippen LogP contribution in [0.25, 0.3) is 0 Å². The maximum Gasteiger partial charge on any atom is 0.416 e. The molecule has 2 aromatic carbocycles. The molecule has 4 nitrogen and oxygen atoms in total. The van der Waals surface area contributed by atoms with Crippen molar-refractivity contribution < 1.29 is 26.4 Å². The van der Waals surface area contributed by atoms with Crippen molar-refractivity contribution in [3.05, 3.63) is 65.2 Å². The monoisotopic (exact) mass is 457 g/mol. The van der Waals surface area contributed by atoms with Crippen LogP contribution in [0.5, 0.6) is 0 Å². The fraction of sp³-hybridized carbons (Fsp3) is 0.381. The second kappa shape index (κ2) is 7.27. The van der Waals surface area contributed by atoms with Gasteiger partial charge in [0.25, 0.3) is 10.0 Å². The van der Waals surface area contributed by atoms with Crippen LogP contribution in [0.2, 0.25) is 0 Å². The van der Waals surface area contributed by atoms with Gasteiger partial charge in [-0.15, -0.1) is 11.6 Å². The van der Waals surface area contributed by atoms with Crippen molar-refractivity contribution in [2.75, 3.05) is 0 Å². The molecule has 1 heterocycles. The first kappa shape index (κ1) is 21.2. The highest BCUT2D eigenvalue weighted by atomic mass is 35.5. The van der Waals surface area contributed by atoms with E-state index in [0.717, 1.165) is 22.0 Å². The third kappa shape index (κ3) is 3.39. The van der Waals surface area contributed by atoms with E-state index in [9.17, 15) is 26.4 Å². The van der Waals surface area contributed by atoms with Crippen LogP contribution in [0.4, 0.5) is 13.2 Å². The first-order valence-corrected chi connectivity index (χ1v) is 11.4. The molecule has 4 atom stereocenters. The van der Waals surface area contributed by atoms with E-state index in [1.165, 1.54) is 24.3 Å². The SMILES string of the molecule is Cc1ccc(S(=O)(=O)N2C(=O)[C@H](c3cccc(C(F)(F)F)c3)[C@H]3[C@H](Cl)CC[C@H]32)cc1. The Labute approximate surface area is 177 Å². The van der Waals surface area contributed by atoms with Gasteiger partial charge < -0.3 is 0 Å². The van der Waals surface area contributed by atoms with Gasteiger partial charge in [-0.1, -0.05) is 35.9 Å². The van der Waals surface area contributed by atoms with Crippen LogP contribution in [0.3, 0.4) is 0 Å². The largest absolute Gasteiger partial charge is 0.416 e. The summed E-state index contributed by atoms with van der Waals surface area (Å²) in [7, 11) is -4.16. The van der Waals surface area contributed by atoms with Crippen molar-refractivity contribution in [3.63, 3.8) is 0 Å². The minimum Gasteiger partial charge on any atom is -0.273 e. The number of rotatable bonds is 3. The quantitative estimate of drug-likeness (QED) is 0.627. The number of aryl methyl sites for hydroxylation is 1. The molecule has 0 bridgehead atoms. The van der Waals surface area contributed by atoms with Crippen LogP contribution < -0.4 is 0 Å². The van der Waals surface area contributed by atoms with Gasteiger partial charge >= 0.3 is 6.18 Å². The third-order valence-electron chi connectivity index (χ3n) is 5.92. The zero-order valence-corrected chi connectivity index (χ0v) is 17.5. The van der Waals surface area contributed by atoms with Gasteiger partial charge in [-0.3, -0.25) is 4.79 Å². The fourth-order valence-electron chi connectivity index (χ4n) is 4.52. The van der Waals surface area contributed by atoms with Crippen LogP contribution in [0.15, 0.2) is 53.4 Å². The second-order valence-electron chi connectivity index (χ2n) is 7.79. The minimum absolute atomic E-state index is 0.0251. The van der Waals surface area contributed by atoms with Crippen molar-refractivity contribution in [3.8, 4) is 0 Å². The van der Waals surface area contributed by atoms with Crippen molar-refractivity contribution in [1.29, 1.82) is 0 Å². The van der Waals surface area contributed by atoms with Gasteiger partial charge in [-0.05, 0) is 43.5 Å². The summed E-state index contributed by atoms with van der Waals surface area (Å²) in [6.07, 6.45) is -3.70. The van der Waals surface area contributed by atoms with Crippen LogP contribution in [-0.2, 0) is 21.0 Å². The topological polar surface area (TPSA) is 54.5 Å². The number of hydrogen-bond donors (Lipinski definition) is 0. The lowest BCUT2D eigenvalue weighted by Gasteiger charge is -2.23. The number of alkyl halides is 4. The number of fused-ring (bicyclic) bond motifs is 1. The van der Waals surface area contributed by atoms with E-state index in [1.54, 1.807) is 12.1 Å². The number of carbonyl (C=O) groups excluding carboxylic acids is 1. The number of sulfonamides is 1. The number of benzene rings is 2. The van der Waals surface area contributed by atoms with Gasteiger partial charge in [-0.25, -0.2) is 12.7 Å². The summed E-state index contributed by atoms with van der Waals surface area (Å²) in [6, 6.07) is 9.95. The Hall–Kier alpha value is -2.06. The molecule has 0 radical (unpaired) electrons. The molecule has 9 heteroatoms. The summed E-state index contributed by atoms with van der Waals surface area (Å²) in [4.78, 5) is 13.3. The Bertz CT molecular complexity index is 1090. The lowest BCUT2D eigenvalue weighted by atomic mass is 9.85. The standard InChI is InChI=1S/C21H19ClF3NO3S/c1-12-5-7-15(8-6-12)30(28,29)26-17-10-9-16(22)19(17)18(20(26)27)13-3-2-4-14(11-13)21(23,24)25/h2-8,11,16-19H,9-10H2,1H3/t16-,17-,18-,19+/m1/s1. The van der Waals surface area contributed by atoms with Crippen molar-refractivity contribution in [2.24, 2.45) is 5.92 Å². The van der Waals surface area contributed by atoms with E-state index in [-0.39, 0.29) is 10.5 Å². The number of nitrogens with zero attached hydrogens (tertiary/aromatic N) is 1. The fourth-order valence-corrected chi connectivity index (χ4v) is 6.62. The van der Waals surface area contributed by atoms with E-state index < -0.39 is 50.9 Å². The van der Waals surface area contributed by atoms with Crippen LogP contribution >= 0.6 is 11.6 Å². The zero-order chi connectivity index (χ0) is 21.8. The normalized spacial score (nSPS) is 26.8. The van der Waals surface area contributed by atoms with E-state index in [0.29, 0.717) is 12.8 Å². The predicted molar refractivity (Wildman–Crippen MR) is 106 cm³/mol. The van der Waals surface area contributed by atoms with Crippen molar-refractivity contribution in [2.45, 2.75) is 48.2 Å². The Morgan fingerprint density at radius 2 is 1.73 bits per heavy atom. The molecule has 2 aliphatic rings. The predicted octanol–water partition coefficient (Wildman–Crippen LogP) is 4.71. The second-order valence-corrected chi connectivity index (χ2v) is 10.2. The molecule has 0 N–H and O–H groups in total. The molecule has 2 fully saturated rings. The van der Waals surface area contributed by atoms with E-state index in [2.05, 4.69) is 0 Å². The highest BCUT2D eigenvalue weighted by molar-refractivity contribution is 7.89. The first-order chi connectivity index (χ1) is 14.0. The number of halogens is 4. The number of amides is 1. The number of carbonyl (C=O) groups is 1. The van der Waals surface area contributed by atoms with Gasteiger partial charge in [0, 0.05) is 11.3 Å². The first-order valence-electron chi connectivity index (χ1n) is 9.48. The smallest absolute Gasteiger partial charge is 0.273 e. The summed E-state index contributed by atoms with van der Waals surface area (Å²) < 4.78 is 67.0. The maximum atomic E-state index is 13.3. The number of hydrogen-bond acceptors (Lipinski definition) is 3. The van der Waals surface area contributed by atoms with Gasteiger partial charge in [0.2, 0.25) is 5.91 Å². The lowest BCUT2D eigenvalue weighted by Crippen LogP contribution is -2.39. The highest BCUT2D eigenvalue weighted by Crippen LogP contribution is 2.51. The lowest BCUT2D eigenvalue weighted by molar-refractivity contribution is -0.137. The summed E-state index contributed by atoms with van der Waals surface area (Å²) in [5.41, 5.74) is 0.121. The maximum absolute atomic E-state index is 13.3. The van der Waals surface area contributed by atoms with Gasteiger partial charge in [0.15, 0.2) is 0 Å². The third-order valence-corrected chi connectivity index (χ3v) is 8.27. The molecular weight excluding hydrogens is 439 g/mol. The molecule has 30 heavy (non-hydrogen) atoms. The molecular formula is C21H19ClF3NO3S. The Morgan fingerprint density at radius 3 is 2.37 bits per heavy atom. The molecule has 0 aromatic heterocycles. The van der Waals surface area contributed by atoms with Crippen LogP contribution in [0, 0.1) is 12.8 Å². The van der Waals surface area contributed by atoms with E-state index in [4.69, 9.17) is 11.6 Å². The molecule has 1 amide bonds. The Morgan fingerprint density at radius 1 is 1.07 bits per heavy atom. The summed E-state index contributed by atoms with van der Waals surface area (Å²) in [5.74, 6) is -2.35. The molecule has 1 aliphatic heterocycles. The van der Waals surface area contributed by atoms with Gasteiger partial charge in [0.05, 0.1) is 22.4 Å².